The number of nitrogens with one attached hydrogen (secondary N) is 2. The van der Waals surface area contributed by atoms with Gasteiger partial charge in [-0.2, -0.15) is 5.10 Å². The van der Waals surface area contributed by atoms with E-state index in [0.29, 0.717) is 6.61 Å². The van der Waals surface area contributed by atoms with Crippen LogP contribution in [0.25, 0.3) is 0 Å². The summed E-state index contributed by atoms with van der Waals surface area (Å²) in [6.07, 6.45) is 0.804. The minimum atomic E-state index is -0.185. The Hall–Kier alpha value is -2.50. The predicted octanol–water partition coefficient (Wildman–Crippen LogP) is 2.92. The summed E-state index contributed by atoms with van der Waals surface area (Å²) in [6.45, 7) is 6.53. The molecule has 2 atom stereocenters. The van der Waals surface area contributed by atoms with Crippen LogP contribution in [0.5, 0.6) is 5.75 Å². The van der Waals surface area contributed by atoms with Crippen LogP contribution in [0.15, 0.2) is 24.3 Å². The van der Waals surface area contributed by atoms with E-state index in [9.17, 15) is 4.79 Å². The van der Waals surface area contributed by atoms with Crippen LogP contribution >= 0.6 is 0 Å². The average molecular weight is 328 g/mol. The van der Waals surface area contributed by atoms with Gasteiger partial charge in [-0.15, -0.1) is 0 Å². The van der Waals surface area contributed by atoms with Gasteiger partial charge in [-0.05, 0) is 26.3 Å². The van der Waals surface area contributed by atoms with Crippen molar-refractivity contribution in [3.8, 4) is 5.75 Å². The minimum absolute atomic E-state index is 0.0590. The highest BCUT2D eigenvalue weighted by atomic mass is 16.5. The van der Waals surface area contributed by atoms with E-state index in [1.807, 2.05) is 49.8 Å². The summed E-state index contributed by atoms with van der Waals surface area (Å²) in [6, 6.07) is 7.44. The van der Waals surface area contributed by atoms with E-state index >= 15 is 0 Å². The van der Waals surface area contributed by atoms with E-state index in [1.165, 1.54) is 0 Å². The van der Waals surface area contributed by atoms with Crippen LogP contribution in [0.3, 0.4) is 0 Å². The Kier molecular flexibility index (Phi) is 4.46. The first-order valence-electron chi connectivity index (χ1n) is 8.30. The van der Waals surface area contributed by atoms with Gasteiger partial charge in [0.15, 0.2) is 0 Å². The Morgan fingerprint density at radius 2 is 2.17 bits per heavy atom. The molecule has 2 aromatic rings. The smallest absolute Gasteiger partial charge is 0.315 e. The zero-order valence-corrected chi connectivity index (χ0v) is 14.6. The first-order chi connectivity index (χ1) is 11.5. The Bertz CT molecular complexity index is 753. The van der Waals surface area contributed by atoms with E-state index in [-0.39, 0.29) is 18.1 Å². The molecule has 0 spiro atoms. The number of hydrogen-bond acceptors (Lipinski definition) is 3. The van der Waals surface area contributed by atoms with Crippen molar-refractivity contribution in [2.24, 2.45) is 7.05 Å². The lowest BCUT2D eigenvalue weighted by atomic mass is 10.0. The number of nitrogens with zero attached hydrogens (tertiary/aromatic N) is 2. The van der Waals surface area contributed by atoms with Gasteiger partial charge in [-0.3, -0.25) is 4.68 Å². The third kappa shape index (κ3) is 2.96. The zero-order valence-electron chi connectivity index (χ0n) is 14.6. The summed E-state index contributed by atoms with van der Waals surface area (Å²) >= 11 is 0. The number of aromatic nitrogens is 2. The number of rotatable bonds is 4. The number of urea groups is 1. The van der Waals surface area contributed by atoms with E-state index < -0.39 is 0 Å². The number of hydrogen-bond donors (Lipinski definition) is 2. The molecule has 1 aliphatic rings. The van der Waals surface area contributed by atoms with E-state index in [1.54, 1.807) is 0 Å². The lowest BCUT2D eigenvalue weighted by molar-refractivity contribution is 0.228. The number of ether oxygens (including phenoxy) is 1. The topological polar surface area (TPSA) is 68.2 Å². The van der Waals surface area contributed by atoms with Crippen molar-refractivity contribution in [1.29, 1.82) is 0 Å². The molecule has 1 aliphatic heterocycles. The van der Waals surface area contributed by atoms with Gasteiger partial charge in [-0.1, -0.05) is 25.1 Å². The van der Waals surface area contributed by atoms with Crippen molar-refractivity contribution in [2.75, 3.05) is 6.61 Å². The molecule has 0 fully saturated rings. The van der Waals surface area contributed by atoms with Crippen LogP contribution in [-0.2, 0) is 7.05 Å². The molecule has 0 bridgehead atoms. The Morgan fingerprint density at radius 3 is 2.83 bits per heavy atom. The first kappa shape index (κ1) is 16.4. The third-order valence-electron chi connectivity index (χ3n) is 4.63. The van der Waals surface area contributed by atoms with Crippen molar-refractivity contribution < 1.29 is 9.53 Å². The Morgan fingerprint density at radius 1 is 1.42 bits per heavy atom. The summed E-state index contributed by atoms with van der Waals surface area (Å²) in [4.78, 5) is 12.5. The molecule has 24 heavy (non-hydrogen) atoms. The molecule has 0 radical (unpaired) electrons. The molecule has 2 heterocycles. The van der Waals surface area contributed by atoms with Gasteiger partial charge in [-0.25, -0.2) is 4.79 Å². The second-order valence-corrected chi connectivity index (χ2v) is 6.19. The van der Waals surface area contributed by atoms with Gasteiger partial charge in [0.1, 0.15) is 12.4 Å². The van der Waals surface area contributed by atoms with Gasteiger partial charge < -0.3 is 15.4 Å². The number of fused-ring (bicyclic) bond motifs is 1. The molecule has 3 rings (SSSR count). The van der Waals surface area contributed by atoms with Gasteiger partial charge in [0.25, 0.3) is 0 Å². The van der Waals surface area contributed by atoms with Crippen molar-refractivity contribution in [3.05, 3.63) is 46.8 Å². The van der Waals surface area contributed by atoms with Gasteiger partial charge in [0.2, 0.25) is 0 Å². The molecule has 6 nitrogen and oxygen atoms in total. The van der Waals surface area contributed by atoms with Crippen LogP contribution in [0.2, 0.25) is 0 Å². The Labute approximate surface area is 142 Å². The second kappa shape index (κ2) is 6.55. The van der Waals surface area contributed by atoms with E-state index in [2.05, 4.69) is 22.7 Å². The third-order valence-corrected chi connectivity index (χ3v) is 4.63. The van der Waals surface area contributed by atoms with Crippen molar-refractivity contribution in [2.45, 2.75) is 39.3 Å². The number of para-hydroxylation sites is 1. The van der Waals surface area contributed by atoms with Gasteiger partial charge in [0.05, 0.1) is 17.8 Å². The van der Waals surface area contributed by atoms with Crippen LogP contribution in [0.1, 0.15) is 47.9 Å². The highest BCUT2D eigenvalue weighted by Gasteiger charge is 2.27. The average Bonchev–Trinajstić information content (AvgIpc) is 3.07. The summed E-state index contributed by atoms with van der Waals surface area (Å²) in [5.74, 6) is 0.841. The fourth-order valence-corrected chi connectivity index (χ4v) is 3.31. The quantitative estimate of drug-likeness (QED) is 0.907. The summed E-state index contributed by atoms with van der Waals surface area (Å²) in [7, 11) is 1.92. The number of amides is 2. The standard InChI is InChI=1S/C18H24N4O2/c1-5-14(17-11(2)21-22(4)12(17)3)19-18(23)20-15-10-24-16-9-7-6-8-13(15)16/h6-9,14-15H,5,10H2,1-4H3,(H2,19,20,23)/t14-,15-/m0/s1. The molecule has 1 aromatic carbocycles. The highest BCUT2D eigenvalue weighted by molar-refractivity contribution is 5.75. The number of benzene rings is 1. The van der Waals surface area contributed by atoms with E-state index in [0.717, 1.165) is 34.7 Å². The molecular weight excluding hydrogens is 304 g/mol. The molecule has 2 N–H and O–H groups in total. The van der Waals surface area contributed by atoms with Crippen LogP contribution in [0.4, 0.5) is 4.79 Å². The lowest BCUT2D eigenvalue weighted by Gasteiger charge is -2.20. The second-order valence-electron chi connectivity index (χ2n) is 6.19. The summed E-state index contributed by atoms with van der Waals surface area (Å²) in [5.41, 5.74) is 4.15. The molecule has 0 saturated carbocycles. The van der Waals surface area contributed by atoms with Crippen molar-refractivity contribution >= 4 is 6.03 Å². The fraction of sp³-hybridized carbons (Fsp3) is 0.444. The van der Waals surface area contributed by atoms with Gasteiger partial charge >= 0.3 is 6.03 Å². The summed E-state index contributed by atoms with van der Waals surface area (Å²) in [5, 5.41) is 10.5. The first-order valence-corrected chi connectivity index (χ1v) is 8.30. The van der Waals surface area contributed by atoms with Crippen molar-refractivity contribution in [3.63, 3.8) is 0 Å². The number of carbonyl (C=O) groups excluding carboxylic acids is 1. The lowest BCUT2D eigenvalue weighted by Crippen LogP contribution is -2.40. The predicted molar refractivity (Wildman–Crippen MR) is 92.1 cm³/mol. The molecule has 0 unspecified atom stereocenters. The minimum Gasteiger partial charge on any atom is -0.491 e. The maximum Gasteiger partial charge on any atom is 0.315 e. The molecule has 6 heteroatoms. The number of carbonyl (C=O) groups is 1. The molecule has 0 aliphatic carbocycles. The molecular formula is C18H24N4O2. The normalized spacial score (nSPS) is 17.1. The monoisotopic (exact) mass is 328 g/mol. The van der Waals surface area contributed by atoms with Crippen LogP contribution in [0, 0.1) is 13.8 Å². The molecule has 0 saturated heterocycles. The largest absolute Gasteiger partial charge is 0.491 e. The maximum absolute atomic E-state index is 12.5. The summed E-state index contributed by atoms with van der Waals surface area (Å²) < 4.78 is 7.47. The maximum atomic E-state index is 12.5. The zero-order chi connectivity index (χ0) is 17.3. The molecule has 2 amide bonds. The fourth-order valence-electron chi connectivity index (χ4n) is 3.31. The van der Waals surface area contributed by atoms with Crippen LogP contribution in [-0.4, -0.2) is 22.4 Å². The number of aryl methyl sites for hydroxylation is 2. The molecule has 1 aromatic heterocycles. The highest BCUT2D eigenvalue weighted by Crippen LogP contribution is 2.31. The molecule has 128 valence electrons. The van der Waals surface area contributed by atoms with Gasteiger partial charge in [0, 0.05) is 23.9 Å². The Balaban J connectivity index is 1.70. The van der Waals surface area contributed by atoms with Crippen LogP contribution < -0.4 is 15.4 Å². The van der Waals surface area contributed by atoms with E-state index in [4.69, 9.17) is 4.74 Å². The van der Waals surface area contributed by atoms with Crippen molar-refractivity contribution in [1.82, 2.24) is 20.4 Å². The SMILES string of the molecule is CC[C@H](NC(=O)N[C@H]1COc2ccccc21)c1c(C)nn(C)c1C.